The van der Waals surface area contributed by atoms with Gasteiger partial charge in [-0.15, -0.1) is 0 Å². The Morgan fingerprint density at radius 3 is 2.30 bits per heavy atom. The maximum Gasteiger partial charge on any atom is 0.262 e. The molecule has 0 saturated carbocycles. The van der Waals surface area contributed by atoms with E-state index in [1.54, 1.807) is 36.9 Å². The molecule has 2 rings (SSSR count). The van der Waals surface area contributed by atoms with E-state index >= 15 is 0 Å². The van der Waals surface area contributed by atoms with Crippen molar-refractivity contribution in [2.45, 2.75) is 39.1 Å². The Labute approximate surface area is 135 Å². The molecule has 124 valence electrons. The van der Waals surface area contributed by atoms with Gasteiger partial charge in [0.05, 0.1) is 16.8 Å². The highest BCUT2D eigenvalue weighted by molar-refractivity contribution is 7.92. The summed E-state index contributed by atoms with van der Waals surface area (Å²) in [4.78, 5) is 11.3. The van der Waals surface area contributed by atoms with Crippen LogP contribution in [-0.4, -0.2) is 24.1 Å². The van der Waals surface area contributed by atoms with E-state index in [4.69, 9.17) is 0 Å². The number of carbonyl (C=O) groups excluding carboxylic acids is 1. The molecule has 0 bridgehead atoms. The van der Waals surface area contributed by atoms with Gasteiger partial charge in [-0.05, 0) is 44.0 Å². The Bertz CT molecular complexity index is 817. The lowest BCUT2D eigenvalue weighted by atomic mass is 10.1. The molecule has 23 heavy (non-hydrogen) atoms. The first-order chi connectivity index (χ1) is 10.7. The molecule has 0 atom stereocenters. The van der Waals surface area contributed by atoms with Gasteiger partial charge in [-0.25, -0.2) is 8.42 Å². The summed E-state index contributed by atoms with van der Waals surface area (Å²) in [5.41, 5.74) is 2.11. The molecule has 1 aromatic heterocycles. The molecule has 1 heterocycles. The first-order valence-corrected chi connectivity index (χ1v) is 8.65. The fourth-order valence-corrected chi connectivity index (χ4v) is 3.93. The summed E-state index contributed by atoms with van der Waals surface area (Å²) in [7, 11) is -3.73. The minimum atomic E-state index is -3.73. The van der Waals surface area contributed by atoms with Gasteiger partial charge >= 0.3 is 0 Å². The molecule has 2 aromatic rings. The highest BCUT2D eigenvalue weighted by Crippen LogP contribution is 2.26. The lowest BCUT2D eigenvalue weighted by molar-refractivity contribution is -0.114. The molecule has 1 aromatic carbocycles. The van der Waals surface area contributed by atoms with E-state index < -0.39 is 10.0 Å². The fourth-order valence-electron chi connectivity index (χ4n) is 2.44. The van der Waals surface area contributed by atoms with E-state index in [9.17, 15) is 13.2 Å². The molecular formula is C15H20N4O3S. The van der Waals surface area contributed by atoms with Crippen LogP contribution in [0.4, 0.5) is 11.4 Å². The van der Waals surface area contributed by atoms with Crippen molar-refractivity contribution < 1.29 is 13.2 Å². The molecule has 8 heteroatoms. The first kappa shape index (κ1) is 17.0. The third-order valence-corrected chi connectivity index (χ3v) is 4.94. The number of carbonyl (C=O) groups is 1. The van der Waals surface area contributed by atoms with Gasteiger partial charge in [-0.3, -0.25) is 14.2 Å². The van der Waals surface area contributed by atoms with Gasteiger partial charge in [0.2, 0.25) is 5.91 Å². The number of anilines is 2. The van der Waals surface area contributed by atoms with Gasteiger partial charge < -0.3 is 5.32 Å². The Hall–Kier alpha value is -2.35. The van der Waals surface area contributed by atoms with Crippen molar-refractivity contribution >= 4 is 27.3 Å². The van der Waals surface area contributed by atoms with E-state index in [2.05, 4.69) is 15.1 Å². The normalized spacial score (nSPS) is 11.3. The van der Waals surface area contributed by atoms with Crippen LogP contribution < -0.4 is 10.0 Å². The number of benzene rings is 1. The first-order valence-electron chi connectivity index (χ1n) is 7.17. The highest BCUT2D eigenvalue weighted by atomic mass is 32.2. The molecule has 1 amide bonds. The second-order valence-electron chi connectivity index (χ2n) is 5.31. The molecule has 0 spiro atoms. The zero-order chi connectivity index (χ0) is 17.2. The minimum Gasteiger partial charge on any atom is -0.326 e. The fraction of sp³-hybridized carbons (Fsp3) is 0.333. The molecule has 0 aliphatic rings. The van der Waals surface area contributed by atoms with E-state index in [1.165, 1.54) is 13.1 Å². The number of rotatable bonds is 5. The van der Waals surface area contributed by atoms with Gasteiger partial charge in [0.15, 0.2) is 0 Å². The number of hydrogen-bond donors (Lipinski definition) is 2. The summed E-state index contributed by atoms with van der Waals surface area (Å²) < 4.78 is 29.4. The quantitative estimate of drug-likeness (QED) is 0.876. The summed E-state index contributed by atoms with van der Waals surface area (Å²) in [6.45, 7) is 7.37. The number of aryl methyl sites for hydroxylation is 3. The van der Waals surface area contributed by atoms with Gasteiger partial charge in [-0.2, -0.15) is 5.10 Å². The van der Waals surface area contributed by atoms with Crippen LogP contribution >= 0.6 is 0 Å². The minimum absolute atomic E-state index is 0.204. The van der Waals surface area contributed by atoms with Crippen molar-refractivity contribution in [3.05, 3.63) is 35.7 Å². The largest absolute Gasteiger partial charge is 0.326 e. The predicted molar refractivity (Wildman–Crippen MR) is 88.9 cm³/mol. The summed E-state index contributed by atoms with van der Waals surface area (Å²) in [6, 6.07) is 3.27. The molecule has 0 fully saturated rings. The zero-order valence-corrected chi connectivity index (χ0v) is 14.4. The third-order valence-electron chi connectivity index (χ3n) is 3.26. The molecule has 0 radical (unpaired) electrons. The van der Waals surface area contributed by atoms with E-state index in [0.717, 1.165) is 0 Å². The smallest absolute Gasteiger partial charge is 0.262 e. The summed E-state index contributed by atoms with van der Waals surface area (Å²) in [5.74, 6) is -0.204. The second-order valence-corrected chi connectivity index (χ2v) is 6.93. The van der Waals surface area contributed by atoms with Crippen LogP contribution in [0.3, 0.4) is 0 Å². The molecule has 7 nitrogen and oxygen atoms in total. The molecular weight excluding hydrogens is 316 g/mol. The Balaban J connectivity index is 2.37. The van der Waals surface area contributed by atoms with Crippen LogP contribution in [-0.2, 0) is 21.4 Å². The molecule has 0 unspecified atom stereocenters. The van der Waals surface area contributed by atoms with Crippen LogP contribution in [0.25, 0.3) is 0 Å². The van der Waals surface area contributed by atoms with Crippen molar-refractivity contribution in [3.8, 4) is 0 Å². The van der Waals surface area contributed by atoms with Crippen LogP contribution in [0.5, 0.6) is 0 Å². The Morgan fingerprint density at radius 1 is 1.22 bits per heavy atom. The maximum atomic E-state index is 12.6. The lowest BCUT2D eigenvalue weighted by Gasteiger charge is -2.14. The number of sulfonamides is 1. The Morgan fingerprint density at radius 2 is 1.83 bits per heavy atom. The zero-order valence-electron chi connectivity index (χ0n) is 13.5. The van der Waals surface area contributed by atoms with Crippen LogP contribution in [0.15, 0.2) is 29.4 Å². The molecule has 2 N–H and O–H groups in total. The number of nitrogens with zero attached hydrogens (tertiary/aromatic N) is 2. The van der Waals surface area contributed by atoms with E-state index in [0.29, 0.717) is 29.0 Å². The van der Waals surface area contributed by atoms with Crippen molar-refractivity contribution in [2.75, 3.05) is 10.0 Å². The average molecular weight is 336 g/mol. The third kappa shape index (κ3) is 3.89. The van der Waals surface area contributed by atoms with Crippen molar-refractivity contribution in [1.82, 2.24) is 9.78 Å². The van der Waals surface area contributed by atoms with Gasteiger partial charge in [0, 0.05) is 25.4 Å². The number of amides is 1. The predicted octanol–water partition coefficient (Wildman–Crippen LogP) is 2.28. The van der Waals surface area contributed by atoms with Gasteiger partial charge in [0.1, 0.15) is 0 Å². The summed E-state index contributed by atoms with van der Waals surface area (Å²) >= 11 is 0. The lowest BCUT2D eigenvalue weighted by Crippen LogP contribution is -2.16. The van der Waals surface area contributed by atoms with Gasteiger partial charge in [-0.1, -0.05) is 0 Å². The summed E-state index contributed by atoms with van der Waals surface area (Å²) in [5, 5.41) is 6.70. The van der Waals surface area contributed by atoms with Crippen molar-refractivity contribution in [1.29, 1.82) is 0 Å². The van der Waals surface area contributed by atoms with Crippen LogP contribution in [0.1, 0.15) is 25.0 Å². The number of nitrogens with one attached hydrogen (secondary N) is 2. The molecule has 0 aliphatic heterocycles. The van der Waals surface area contributed by atoms with Crippen molar-refractivity contribution in [3.63, 3.8) is 0 Å². The number of aromatic nitrogens is 2. The molecule has 0 saturated heterocycles. The maximum absolute atomic E-state index is 12.6. The van der Waals surface area contributed by atoms with Crippen LogP contribution in [0, 0.1) is 13.8 Å². The van der Waals surface area contributed by atoms with E-state index in [-0.39, 0.29) is 10.8 Å². The van der Waals surface area contributed by atoms with Gasteiger partial charge in [0.25, 0.3) is 10.0 Å². The standard InChI is InChI=1S/C15H20N4O3S/c1-5-19-9-14(8-16-19)18-23(21,22)15-10(2)6-13(7-11(15)3)17-12(4)20/h6-9,18H,5H2,1-4H3,(H,17,20). The monoisotopic (exact) mass is 336 g/mol. The topological polar surface area (TPSA) is 93.1 Å². The van der Waals surface area contributed by atoms with E-state index in [1.807, 2.05) is 6.92 Å². The Kier molecular flexibility index (Phi) is 4.74. The number of hydrogen-bond acceptors (Lipinski definition) is 4. The second kappa shape index (κ2) is 6.41. The summed E-state index contributed by atoms with van der Waals surface area (Å²) in [6.07, 6.45) is 3.10. The van der Waals surface area contributed by atoms with Crippen molar-refractivity contribution in [2.24, 2.45) is 0 Å². The molecule has 0 aliphatic carbocycles. The van der Waals surface area contributed by atoms with Crippen LogP contribution in [0.2, 0.25) is 0 Å². The SMILES string of the molecule is CCn1cc(NS(=O)(=O)c2c(C)cc(NC(C)=O)cc2C)cn1. The average Bonchev–Trinajstić information content (AvgIpc) is 2.83. The highest BCUT2D eigenvalue weighted by Gasteiger charge is 2.21.